The van der Waals surface area contributed by atoms with Crippen LogP contribution in [0.2, 0.25) is 0 Å². The summed E-state index contributed by atoms with van der Waals surface area (Å²) in [5.41, 5.74) is 3.57. The number of hydrogen-bond acceptors (Lipinski definition) is 2. The van der Waals surface area contributed by atoms with Crippen molar-refractivity contribution in [3.63, 3.8) is 0 Å². The maximum absolute atomic E-state index is 12.0. The molecule has 0 saturated carbocycles. The van der Waals surface area contributed by atoms with Gasteiger partial charge in [-0.25, -0.2) is 0 Å². The first-order valence-electron chi connectivity index (χ1n) is 5.06. The van der Waals surface area contributed by atoms with E-state index in [1.165, 1.54) is 6.20 Å². The van der Waals surface area contributed by atoms with Crippen LogP contribution >= 0.6 is 0 Å². The highest BCUT2D eigenvalue weighted by Gasteiger charge is 2.29. The number of rotatable bonds is 0. The molecule has 1 aromatic carbocycles. The summed E-state index contributed by atoms with van der Waals surface area (Å²) >= 11 is 0. The van der Waals surface area contributed by atoms with E-state index in [9.17, 15) is 10.0 Å². The van der Waals surface area contributed by atoms with Crippen molar-refractivity contribution in [2.45, 2.75) is 6.92 Å². The average molecular weight is 211 g/mol. The highest BCUT2D eigenvalue weighted by Crippen LogP contribution is 2.35. The molecular weight excluding hydrogens is 202 g/mol. The van der Waals surface area contributed by atoms with Gasteiger partial charge in [-0.2, -0.15) is 4.73 Å². The van der Waals surface area contributed by atoms with Gasteiger partial charge in [0, 0.05) is 24.1 Å². The maximum atomic E-state index is 12.0. The topological polar surface area (TPSA) is 44.0 Å². The summed E-state index contributed by atoms with van der Waals surface area (Å²) in [7, 11) is 0. The minimum atomic E-state index is -0.0600. The van der Waals surface area contributed by atoms with Gasteiger partial charge in [-0.3, -0.25) is 4.79 Å². The molecule has 1 aliphatic carbocycles. The molecule has 78 valence electrons. The molecule has 3 heteroatoms. The number of carbonyl (C=O) groups excluding carboxylic acids is 1. The Morgan fingerprint density at radius 1 is 1.06 bits per heavy atom. The van der Waals surface area contributed by atoms with Gasteiger partial charge in [-0.05, 0) is 5.56 Å². The molecule has 0 saturated heterocycles. The molecule has 0 atom stereocenters. The number of hydrogen-bond donors (Lipinski definition) is 0. The number of aromatic nitrogens is 1. The van der Waals surface area contributed by atoms with Crippen LogP contribution in [-0.4, -0.2) is 5.78 Å². The Bertz CT molecular complexity index is 617. The number of carbonyl (C=O) groups is 1. The second kappa shape index (κ2) is 2.92. The Morgan fingerprint density at radius 2 is 1.75 bits per heavy atom. The standard InChI is InChI=1S/C13H9NO2/c1-8-6-11-9-4-2-3-5-10(9)13(15)12(11)7-14(8)16/h2-7H,1H3. The van der Waals surface area contributed by atoms with E-state index in [1.54, 1.807) is 19.1 Å². The largest absolute Gasteiger partial charge is 0.618 e. The molecule has 3 rings (SSSR count). The maximum Gasteiger partial charge on any atom is 0.200 e. The monoisotopic (exact) mass is 211 g/mol. The van der Waals surface area contributed by atoms with Crippen LogP contribution in [0.4, 0.5) is 0 Å². The molecule has 0 amide bonds. The Balaban J connectivity index is 2.38. The van der Waals surface area contributed by atoms with Crippen molar-refractivity contribution in [1.29, 1.82) is 0 Å². The van der Waals surface area contributed by atoms with Crippen molar-refractivity contribution < 1.29 is 9.52 Å². The lowest BCUT2D eigenvalue weighted by molar-refractivity contribution is -0.612. The normalized spacial score (nSPS) is 12.4. The molecule has 16 heavy (non-hydrogen) atoms. The van der Waals surface area contributed by atoms with Gasteiger partial charge in [0.15, 0.2) is 17.7 Å². The zero-order valence-electron chi connectivity index (χ0n) is 8.73. The van der Waals surface area contributed by atoms with E-state index >= 15 is 0 Å². The van der Waals surface area contributed by atoms with E-state index in [2.05, 4.69) is 0 Å². The first kappa shape index (κ1) is 9.09. The Labute approximate surface area is 92.6 Å². The van der Waals surface area contributed by atoms with E-state index in [0.29, 0.717) is 16.8 Å². The fourth-order valence-electron chi connectivity index (χ4n) is 2.10. The van der Waals surface area contributed by atoms with Gasteiger partial charge < -0.3 is 5.21 Å². The molecule has 1 aromatic heterocycles. The molecule has 0 aliphatic heterocycles. The van der Waals surface area contributed by atoms with Crippen LogP contribution < -0.4 is 4.73 Å². The van der Waals surface area contributed by atoms with E-state index in [4.69, 9.17) is 0 Å². The second-order valence-electron chi connectivity index (χ2n) is 3.94. The van der Waals surface area contributed by atoms with Gasteiger partial charge in [0.25, 0.3) is 0 Å². The van der Waals surface area contributed by atoms with Crippen LogP contribution in [0.25, 0.3) is 11.1 Å². The molecule has 0 spiro atoms. The van der Waals surface area contributed by atoms with Crippen LogP contribution in [0, 0.1) is 12.1 Å². The minimum absolute atomic E-state index is 0.0600. The highest BCUT2D eigenvalue weighted by atomic mass is 16.5. The number of fused-ring (bicyclic) bond motifs is 3. The van der Waals surface area contributed by atoms with Crippen molar-refractivity contribution >= 4 is 5.78 Å². The number of ketones is 1. The smallest absolute Gasteiger partial charge is 0.200 e. The van der Waals surface area contributed by atoms with Crippen molar-refractivity contribution in [1.82, 2.24) is 0 Å². The van der Waals surface area contributed by atoms with Crippen LogP contribution in [0.1, 0.15) is 21.6 Å². The molecule has 0 N–H and O–H groups in total. The number of aryl methyl sites for hydroxylation is 1. The van der Waals surface area contributed by atoms with Gasteiger partial charge in [0.1, 0.15) is 0 Å². The Kier molecular flexibility index (Phi) is 1.66. The quantitative estimate of drug-likeness (QED) is 0.420. The predicted octanol–water partition coefficient (Wildman–Crippen LogP) is 1.84. The van der Waals surface area contributed by atoms with E-state index in [-0.39, 0.29) is 5.78 Å². The number of benzene rings is 1. The zero-order chi connectivity index (χ0) is 11.3. The van der Waals surface area contributed by atoms with E-state index in [0.717, 1.165) is 15.9 Å². The van der Waals surface area contributed by atoms with E-state index < -0.39 is 0 Å². The zero-order valence-corrected chi connectivity index (χ0v) is 8.73. The average Bonchev–Trinajstić information content (AvgIpc) is 2.55. The molecule has 2 aromatic rings. The SMILES string of the molecule is Cc1cc2c(c[n+]1[O-])C(=O)c1ccccc1-2. The summed E-state index contributed by atoms with van der Waals surface area (Å²) in [5, 5.41) is 11.4. The summed E-state index contributed by atoms with van der Waals surface area (Å²) in [4.78, 5) is 12.0. The van der Waals surface area contributed by atoms with Crippen LogP contribution in [0.15, 0.2) is 36.5 Å². The van der Waals surface area contributed by atoms with Crippen molar-refractivity contribution in [2.24, 2.45) is 0 Å². The molecule has 1 heterocycles. The molecule has 0 fully saturated rings. The van der Waals surface area contributed by atoms with Gasteiger partial charge in [-0.15, -0.1) is 0 Å². The highest BCUT2D eigenvalue weighted by molar-refractivity contribution is 6.21. The fraction of sp³-hybridized carbons (Fsp3) is 0.0769. The lowest BCUT2D eigenvalue weighted by atomic mass is 10.1. The third kappa shape index (κ3) is 1.03. The van der Waals surface area contributed by atoms with Gasteiger partial charge in [0.05, 0.1) is 5.56 Å². The van der Waals surface area contributed by atoms with Gasteiger partial charge in [-0.1, -0.05) is 24.3 Å². The molecule has 0 radical (unpaired) electrons. The molecule has 0 bridgehead atoms. The molecular formula is C13H9NO2. The fourth-order valence-corrected chi connectivity index (χ4v) is 2.10. The second-order valence-corrected chi connectivity index (χ2v) is 3.94. The summed E-state index contributed by atoms with van der Waals surface area (Å²) in [6.07, 6.45) is 1.37. The van der Waals surface area contributed by atoms with Gasteiger partial charge in [0.2, 0.25) is 0 Å². The number of nitrogens with zero attached hydrogens (tertiary/aromatic N) is 1. The van der Waals surface area contributed by atoms with Gasteiger partial charge >= 0.3 is 0 Å². The first-order chi connectivity index (χ1) is 7.68. The predicted molar refractivity (Wildman–Crippen MR) is 59.0 cm³/mol. The van der Waals surface area contributed by atoms with Crippen LogP contribution in [-0.2, 0) is 0 Å². The third-order valence-corrected chi connectivity index (χ3v) is 2.94. The molecule has 0 unspecified atom stereocenters. The van der Waals surface area contributed by atoms with Crippen molar-refractivity contribution in [2.75, 3.05) is 0 Å². The van der Waals surface area contributed by atoms with Crippen LogP contribution in [0.3, 0.4) is 0 Å². The lowest BCUT2D eigenvalue weighted by Gasteiger charge is -2.03. The lowest BCUT2D eigenvalue weighted by Crippen LogP contribution is -2.30. The summed E-state index contributed by atoms with van der Waals surface area (Å²) < 4.78 is 0.739. The van der Waals surface area contributed by atoms with Crippen molar-refractivity contribution in [3.8, 4) is 11.1 Å². The Morgan fingerprint density at radius 3 is 2.50 bits per heavy atom. The van der Waals surface area contributed by atoms with Crippen LogP contribution in [0.5, 0.6) is 0 Å². The van der Waals surface area contributed by atoms with Crippen molar-refractivity contribution in [3.05, 3.63) is 58.6 Å². The Hall–Kier alpha value is -2.16. The number of pyridine rings is 1. The molecule has 1 aliphatic rings. The first-order valence-corrected chi connectivity index (χ1v) is 5.06. The third-order valence-electron chi connectivity index (χ3n) is 2.94. The summed E-state index contributed by atoms with van der Waals surface area (Å²) in [5.74, 6) is -0.0600. The summed E-state index contributed by atoms with van der Waals surface area (Å²) in [6.45, 7) is 1.73. The summed E-state index contributed by atoms with van der Waals surface area (Å²) in [6, 6.07) is 9.21. The minimum Gasteiger partial charge on any atom is -0.618 e. The molecule has 3 nitrogen and oxygen atoms in total. The van der Waals surface area contributed by atoms with E-state index in [1.807, 2.05) is 18.2 Å².